The highest BCUT2D eigenvalue weighted by Crippen LogP contribution is 2.73. The first-order valence-corrected chi connectivity index (χ1v) is 26.0. The zero-order valence-electron chi connectivity index (χ0n) is 53.6. The first kappa shape index (κ1) is 36.6. The van der Waals surface area contributed by atoms with Crippen LogP contribution in [0.2, 0.25) is 0 Å². The third-order valence-electron chi connectivity index (χ3n) is 14.0. The van der Waals surface area contributed by atoms with Gasteiger partial charge in [0.05, 0.1) is 39.3 Å². The average molecular weight is 913 g/mol. The van der Waals surface area contributed by atoms with E-state index in [4.69, 9.17) is 16.4 Å². The minimum Gasteiger partial charge on any atom is -0.792 e. The van der Waals surface area contributed by atoms with Gasteiger partial charge in [-0.25, -0.2) is 0 Å². The van der Waals surface area contributed by atoms with E-state index in [1.54, 1.807) is 0 Å². The first-order valence-electron chi connectivity index (χ1n) is 29.5. The molecule has 0 aliphatic carbocycles. The molecule has 4 aromatic carbocycles. The van der Waals surface area contributed by atoms with Crippen LogP contribution in [0.3, 0.4) is 0 Å². The van der Waals surface area contributed by atoms with Gasteiger partial charge in [-0.1, -0.05) is 192 Å². The third-order valence-corrected chi connectivity index (χ3v) is 18.6. The van der Waals surface area contributed by atoms with Crippen LogP contribution in [0.15, 0.2) is 120 Å². The molecular formula is C58H82N2O2P2. The predicted octanol–water partition coefficient (Wildman–Crippen LogP) is 17.0. The zero-order valence-corrected chi connectivity index (χ0v) is 43.4. The minimum atomic E-state index is -4.17. The summed E-state index contributed by atoms with van der Waals surface area (Å²) in [5, 5.41) is 1.34. The molecule has 3 aliphatic rings. The number of allylic oxidation sites excluding steroid dienone is 1. The van der Waals surface area contributed by atoms with Crippen LogP contribution in [-0.2, 0) is 4.57 Å². The van der Waals surface area contributed by atoms with Crippen molar-refractivity contribution in [3.8, 4) is 0 Å². The number of anilines is 1. The molecule has 1 saturated heterocycles. The number of hydrogen-bond acceptors (Lipinski definition) is 3. The standard InChI is InChI=1S/C46H70N2O2P2.2C6H6/c1-17-45(18-2)27-43(13,14)47(37-33(29(5)6)23-21-24-34(37)30(7)8)39(45)41-51-42(52(41,49)50)40-46(19-3,20-4)28-44(15,16)48(40)38-35(31(9)10)25-22-26-36(38)32(11)12;2*1-2-4-6-5-3-1/h21-26,29-32H,17-20,27-28H2,1-16H3;2*1-6H/i;2*1D,2D,3D,4D,5D,6D. The van der Waals surface area contributed by atoms with Crippen molar-refractivity contribution < 1.29 is 30.5 Å². The largest absolute Gasteiger partial charge is 0.792 e. The maximum absolute atomic E-state index is 15.7. The fourth-order valence-corrected chi connectivity index (χ4v) is 14.9. The number of para-hydroxylation sites is 2. The summed E-state index contributed by atoms with van der Waals surface area (Å²) in [4.78, 5) is 18.2. The molecular weight excluding hydrogens is 819 g/mol. The fraction of sp³-hybridized carbons (Fsp3) is 0.517. The van der Waals surface area contributed by atoms with Crippen LogP contribution >= 0.6 is 15.6 Å². The van der Waals surface area contributed by atoms with Crippen molar-refractivity contribution in [1.82, 2.24) is 0 Å². The summed E-state index contributed by atoms with van der Waals surface area (Å²) >= 11 is 0. The molecule has 1 atom stereocenters. The molecule has 0 aromatic heterocycles. The van der Waals surface area contributed by atoms with Gasteiger partial charge in [-0.05, 0) is 89.0 Å². The Morgan fingerprint density at radius 1 is 0.625 bits per heavy atom. The van der Waals surface area contributed by atoms with Gasteiger partial charge in [0.15, 0.2) is 5.54 Å². The van der Waals surface area contributed by atoms with Crippen LogP contribution < -0.4 is 9.79 Å². The first-order chi connectivity index (χ1) is 35.1. The summed E-state index contributed by atoms with van der Waals surface area (Å²) in [6.45, 7) is 36.7. The molecule has 0 saturated carbocycles. The Labute approximate surface area is 408 Å². The molecule has 1 unspecified atom stereocenters. The SMILES string of the molecule is CCC1(CC)CC(C)(C)[N+](c2c(C(C)C)cccc2C(C)C)=C1C1=P/C(=C2\N(c3c(C(C)C)cccc3C(C)C)C(C)(C)CC2(CC)CC)P1(=O)[O-].[2H]c1c([2H])c([2H])c([2H])c([2H])c1[2H].[2H]c1c([2H])c([2H])c([2H])c([2H])c1[2H]. The molecule has 4 nitrogen and oxygen atoms in total. The number of rotatable bonds is 11. The van der Waals surface area contributed by atoms with Gasteiger partial charge in [0.25, 0.3) is 0 Å². The van der Waals surface area contributed by atoms with Gasteiger partial charge in [0.1, 0.15) is 0 Å². The molecule has 1 fully saturated rings. The minimum absolute atomic E-state index is 0.225. The highest BCUT2D eigenvalue weighted by Gasteiger charge is 2.62. The second-order valence-electron chi connectivity index (χ2n) is 20.3. The van der Waals surface area contributed by atoms with Gasteiger partial charge in [-0.3, -0.25) is 0 Å². The Kier molecular flexibility index (Phi) is 11.7. The Morgan fingerprint density at radius 2 is 0.984 bits per heavy atom. The third kappa shape index (κ3) is 9.78. The van der Waals surface area contributed by atoms with Crippen LogP contribution in [0.1, 0.15) is 212 Å². The second-order valence-corrected chi connectivity index (χ2v) is 24.1. The maximum atomic E-state index is 15.7. The van der Waals surface area contributed by atoms with Crippen LogP contribution in [0, 0.1) is 10.8 Å². The zero-order chi connectivity index (χ0) is 57.9. The summed E-state index contributed by atoms with van der Waals surface area (Å²) in [5.74, 6) is 1.24. The topological polar surface area (TPSA) is 46.4 Å². The lowest BCUT2D eigenvalue weighted by atomic mass is 9.73. The van der Waals surface area contributed by atoms with E-state index in [1.165, 1.54) is 33.6 Å². The number of nitrogens with zero attached hydrogens (tertiary/aromatic N) is 2. The summed E-state index contributed by atoms with van der Waals surface area (Å²) in [6.07, 6.45) is 5.52. The van der Waals surface area contributed by atoms with Crippen LogP contribution in [0.5, 0.6) is 0 Å². The summed E-state index contributed by atoms with van der Waals surface area (Å²) in [7, 11) is -3.30. The van der Waals surface area contributed by atoms with Crippen molar-refractivity contribution in [2.45, 2.75) is 184 Å². The van der Waals surface area contributed by atoms with Gasteiger partial charge in [-0.15, -0.1) is 0 Å². The molecule has 7 rings (SSSR count). The van der Waals surface area contributed by atoms with Gasteiger partial charge < -0.3 is 14.4 Å². The molecule has 6 heteroatoms. The number of hydrogen-bond donors (Lipinski definition) is 0. The molecule has 0 N–H and O–H groups in total. The summed E-state index contributed by atoms with van der Waals surface area (Å²) in [5.41, 5.74) is 8.92. The van der Waals surface area contributed by atoms with E-state index in [9.17, 15) is 0 Å². The van der Waals surface area contributed by atoms with Crippen molar-refractivity contribution in [2.24, 2.45) is 10.8 Å². The van der Waals surface area contributed by atoms with Crippen LogP contribution in [0.25, 0.3) is 0 Å². The van der Waals surface area contributed by atoms with E-state index in [0.717, 1.165) is 58.1 Å². The smallest absolute Gasteiger partial charge is 0.212 e. The van der Waals surface area contributed by atoms with Gasteiger partial charge in [-0.2, -0.15) is 4.58 Å². The highest BCUT2D eigenvalue weighted by atomic mass is 31.2. The number of benzene rings is 4. The summed E-state index contributed by atoms with van der Waals surface area (Å²) in [6, 6.07) is 8.02. The average Bonchev–Trinajstić information content (AvgIpc) is 3.75. The van der Waals surface area contributed by atoms with E-state index >= 15 is 9.46 Å². The van der Waals surface area contributed by atoms with E-state index < -0.39 is 79.9 Å². The van der Waals surface area contributed by atoms with Crippen molar-refractivity contribution in [2.75, 3.05) is 4.90 Å². The lowest BCUT2D eigenvalue weighted by Gasteiger charge is -2.45. The van der Waals surface area contributed by atoms with Crippen molar-refractivity contribution in [3.05, 3.63) is 142 Å². The van der Waals surface area contributed by atoms with Crippen molar-refractivity contribution >= 4 is 37.7 Å². The predicted molar refractivity (Wildman–Crippen MR) is 280 cm³/mol. The Bertz CT molecular complexity index is 2710. The quantitative estimate of drug-likeness (QED) is 0.111. The van der Waals surface area contributed by atoms with Crippen molar-refractivity contribution in [3.63, 3.8) is 0 Å². The highest BCUT2D eigenvalue weighted by molar-refractivity contribution is 8.05. The summed E-state index contributed by atoms with van der Waals surface area (Å²) < 4.78 is 104. The molecule has 0 amide bonds. The molecule has 3 heterocycles. The normalized spacial score (nSPS) is 24.6. The van der Waals surface area contributed by atoms with Gasteiger partial charge >= 0.3 is 0 Å². The molecule has 0 bridgehead atoms. The van der Waals surface area contributed by atoms with Crippen molar-refractivity contribution in [1.29, 1.82) is 0 Å². The Morgan fingerprint density at radius 3 is 1.31 bits per heavy atom. The molecule has 0 spiro atoms. The van der Waals surface area contributed by atoms with Crippen LogP contribution in [-0.4, -0.2) is 26.4 Å². The Balaban J connectivity index is 0.000000361. The van der Waals surface area contributed by atoms with E-state index in [2.05, 4.69) is 157 Å². The van der Waals surface area contributed by atoms with Gasteiger partial charge in [0, 0.05) is 53.7 Å². The monoisotopic (exact) mass is 913 g/mol. The molecule has 346 valence electrons. The fourth-order valence-electron chi connectivity index (χ4n) is 10.8. The van der Waals surface area contributed by atoms with E-state index in [0.29, 0.717) is 33.8 Å². The Hall–Kier alpha value is -3.55. The van der Waals surface area contributed by atoms with E-state index in [1.807, 2.05) is 0 Å². The second kappa shape index (κ2) is 20.5. The molecule has 3 aliphatic heterocycles. The van der Waals surface area contributed by atoms with Gasteiger partial charge in [0.2, 0.25) is 11.4 Å². The maximum Gasteiger partial charge on any atom is 0.212 e. The molecule has 4 aromatic rings. The van der Waals surface area contributed by atoms with E-state index in [-0.39, 0.29) is 21.9 Å². The van der Waals surface area contributed by atoms with Crippen LogP contribution in [0.4, 0.5) is 11.4 Å². The lowest BCUT2D eigenvalue weighted by Crippen LogP contribution is -2.42. The molecule has 0 radical (unpaired) electrons. The molecule has 64 heavy (non-hydrogen) atoms. The lowest BCUT2D eigenvalue weighted by molar-refractivity contribution is -0.515.